The SMILES string of the molecule is C=CCNCC[C@@H]1CCC(=O)N1[C@@H](C)c1ccc(Cl)cc1. The molecule has 3 nitrogen and oxygen atoms in total. The van der Waals surface area contributed by atoms with Crippen LogP contribution in [0.2, 0.25) is 5.02 Å². The van der Waals surface area contributed by atoms with Crippen LogP contribution in [0.4, 0.5) is 0 Å². The Kier molecular flexibility index (Phi) is 5.83. The van der Waals surface area contributed by atoms with Crippen molar-refractivity contribution in [3.05, 3.63) is 47.5 Å². The molecule has 2 rings (SSSR count). The minimum atomic E-state index is 0.0988. The van der Waals surface area contributed by atoms with E-state index in [0.717, 1.165) is 36.5 Å². The predicted octanol–water partition coefficient (Wildman–Crippen LogP) is 3.56. The van der Waals surface area contributed by atoms with Crippen molar-refractivity contribution in [1.82, 2.24) is 10.2 Å². The van der Waals surface area contributed by atoms with Gasteiger partial charge in [0.2, 0.25) is 5.91 Å². The molecule has 1 aliphatic heterocycles. The number of rotatable bonds is 7. The molecule has 0 unspecified atom stereocenters. The molecule has 1 N–H and O–H groups in total. The topological polar surface area (TPSA) is 32.3 Å². The Hall–Kier alpha value is -1.32. The van der Waals surface area contributed by atoms with E-state index in [9.17, 15) is 4.79 Å². The quantitative estimate of drug-likeness (QED) is 0.617. The summed E-state index contributed by atoms with van der Waals surface area (Å²) in [6.45, 7) is 7.51. The monoisotopic (exact) mass is 306 g/mol. The second-order valence-electron chi connectivity index (χ2n) is 5.50. The Labute approximate surface area is 132 Å². The van der Waals surface area contributed by atoms with Gasteiger partial charge in [0.15, 0.2) is 0 Å². The van der Waals surface area contributed by atoms with E-state index >= 15 is 0 Å². The van der Waals surface area contributed by atoms with E-state index in [1.165, 1.54) is 0 Å². The standard InChI is InChI=1S/C17H23ClN2O/c1-3-11-19-12-10-16-8-9-17(21)20(16)13(2)14-4-6-15(18)7-5-14/h3-7,13,16,19H,1,8-12H2,2H3/t13-,16-/m0/s1. The number of hydrogen-bond acceptors (Lipinski definition) is 2. The van der Waals surface area contributed by atoms with E-state index in [1.807, 2.05) is 35.2 Å². The van der Waals surface area contributed by atoms with Gasteiger partial charge in [-0.05, 0) is 44.0 Å². The molecule has 0 bridgehead atoms. The van der Waals surface area contributed by atoms with Crippen molar-refractivity contribution < 1.29 is 4.79 Å². The molecule has 1 aromatic carbocycles. The van der Waals surface area contributed by atoms with Crippen LogP contribution in [0.5, 0.6) is 0 Å². The first-order chi connectivity index (χ1) is 10.1. The van der Waals surface area contributed by atoms with Gasteiger partial charge in [0.05, 0.1) is 6.04 Å². The van der Waals surface area contributed by atoms with Crippen molar-refractivity contribution in [3.8, 4) is 0 Å². The third-order valence-corrected chi connectivity index (χ3v) is 4.34. The molecule has 0 saturated carbocycles. The average molecular weight is 307 g/mol. The molecule has 0 spiro atoms. The van der Waals surface area contributed by atoms with Crippen LogP contribution in [-0.4, -0.2) is 29.9 Å². The minimum Gasteiger partial charge on any atom is -0.333 e. The van der Waals surface area contributed by atoms with Crippen LogP contribution in [0.15, 0.2) is 36.9 Å². The molecule has 114 valence electrons. The number of benzene rings is 1. The number of hydrogen-bond donors (Lipinski definition) is 1. The lowest BCUT2D eigenvalue weighted by atomic mass is 10.0. The Bertz CT molecular complexity index is 486. The number of likely N-dealkylation sites (tertiary alicyclic amines) is 1. The number of carbonyl (C=O) groups excluding carboxylic acids is 1. The van der Waals surface area contributed by atoms with Crippen LogP contribution in [0.3, 0.4) is 0 Å². The van der Waals surface area contributed by atoms with Crippen LogP contribution in [0.1, 0.15) is 37.8 Å². The van der Waals surface area contributed by atoms with Crippen LogP contribution in [0.25, 0.3) is 0 Å². The van der Waals surface area contributed by atoms with Crippen LogP contribution in [0, 0.1) is 0 Å². The van der Waals surface area contributed by atoms with Crippen LogP contribution in [-0.2, 0) is 4.79 Å². The lowest BCUT2D eigenvalue weighted by Crippen LogP contribution is -2.37. The maximum Gasteiger partial charge on any atom is 0.223 e. The van der Waals surface area contributed by atoms with Gasteiger partial charge in [-0.15, -0.1) is 6.58 Å². The van der Waals surface area contributed by atoms with Crippen molar-refractivity contribution >= 4 is 17.5 Å². The summed E-state index contributed by atoms with van der Waals surface area (Å²) >= 11 is 5.93. The van der Waals surface area contributed by atoms with E-state index in [-0.39, 0.29) is 11.9 Å². The second-order valence-corrected chi connectivity index (χ2v) is 5.94. The molecular weight excluding hydrogens is 284 g/mol. The Morgan fingerprint density at radius 3 is 2.86 bits per heavy atom. The summed E-state index contributed by atoms with van der Waals surface area (Å²) in [6.07, 6.45) is 4.45. The van der Waals surface area contributed by atoms with E-state index in [0.29, 0.717) is 12.5 Å². The number of carbonyl (C=O) groups is 1. The number of nitrogens with one attached hydrogen (secondary N) is 1. The van der Waals surface area contributed by atoms with Crippen molar-refractivity contribution in [2.24, 2.45) is 0 Å². The van der Waals surface area contributed by atoms with Crippen LogP contribution < -0.4 is 5.32 Å². The zero-order valence-electron chi connectivity index (χ0n) is 12.5. The van der Waals surface area contributed by atoms with Gasteiger partial charge in [-0.2, -0.15) is 0 Å². The molecule has 0 aromatic heterocycles. The van der Waals surface area contributed by atoms with Gasteiger partial charge >= 0.3 is 0 Å². The number of halogens is 1. The number of amides is 1. The second kappa shape index (κ2) is 7.62. The molecule has 21 heavy (non-hydrogen) atoms. The van der Waals surface area contributed by atoms with Gasteiger partial charge in [-0.25, -0.2) is 0 Å². The van der Waals surface area contributed by atoms with E-state index in [1.54, 1.807) is 0 Å². The van der Waals surface area contributed by atoms with Gasteiger partial charge in [0.25, 0.3) is 0 Å². The third kappa shape index (κ3) is 4.08. The number of nitrogens with zero attached hydrogens (tertiary/aromatic N) is 1. The lowest BCUT2D eigenvalue weighted by Gasteiger charge is -2.31. The molecule has 1 aromatic rings. The summed E-state index contributed by atoms with van der Waals surface area (Å²) in [4.78, 5) is 14.3. The Morgan fingerprint density at radius 2 is 2.19 bits per heavy atom. The Morgan fingerprint density at radius 1 is 1.48 bits per heavy atom. The average Bonchev–Trinajstić information content (AvgIpc) is 2.85. The molecule has 1 aliphatic rings. The fourth-order valence-corrected chi connectivity index (χ4v) is 3.08. The van der Waals surface area contributed by atoms with Gasteiger partial charge in [-0.3, -0.25) is 4.79 Å². The molecule has 0 aliphatic carbocycles. The minimum absolute atomic E-state index is 0.0988. The fraction of sp³-hybridized carbons (Fsp3) is 0.471. The summed E-state index contributed by atoms with van der Waals surface area (Å²) < 4.78 is 0. The third-order valence-electron chi connectivity index (χ3n) is 4.09. The molecule has 1 fully saturated rings. The highest BCUT2D eigenvalue weighted by Crippen LogP contribution is 2.31. The summed E-state index contributed by atoms with van der Waals surface area (Å²) in [5.74, 6) is 0.256. The molecule has 1 saturated heterocycles. The van der Waals surface area contributed by atoms with Crippen molar-refractivity contribution in [1.29, 1.82) is 0 Å². The Balaban J connectivity index is 2.01. The zero-order valence-corrected chi connectivity index (χ0v) is 13.3. The molecular formula is C17H23ClN2O. The maximum atomic E-state index is 12.2. The fourth-order valence-electron chi connectivity index (χ4n) is 2.95. The molecule has 1 heterocycles. The van der Waals surface area contributed by atoms with Crippen molar-refractivity contribution in [2.75, 3.05) is 13.1 Å². The summed E-state index contributed by atoms with van der Waals surface area (Å²) in [5, 5.41) is 4.04. The summed E-state index contributed by atoms with van der Waals surface area (Å²) in [7, 11) is 0. The first-order valence-electron chi connectivity index (χ1n) is 7.51. The van der Waals surface area contributed by atoms with Crippen molar-refractivity contribution in [2.45, 2.75) is 38.3 Å². The summed E-state index contributed by atoms with van der Waals surface area (Å²) in [5.41, 5.74) is 1.14. The smallest absolute Gasteiger partial charge is 0.223 e. The lowest BCUT2D eigenvalue weighted by molar-refractivity contribution is -0.131. The maximum absolute atomic E-state index is 12.2. The van der Waals surface area contributed by atoms with E-state index in [4.69, 9.17) is 11.6 Å². The van der Waals surface area contributed by atoms with Gasteiger partial charge < -0.3 is 10.2 Å². The molecule has 1 amide bonds. The van der Waals surface area contributed by atoms with E-state index in [2.05, 4.69) is 18.8 Å². The first kappa shape index (κ1) is 16.1. The summed E-state index contributed by atoms with van der Waals surface area (Å²) in [6, 6.07) is 8.20. The molecule has 4 heteroatoms. The van der Waals surface area contributed by atoms with Gasteiger partial charge in [0, 0.05) is 24.0 Å². The van der Waals surface area contributed by atoms with Crippen molar-refractivity contribution in [3.63, 3.8) is 0 Å². The van der Waals surface area contributed by atoms with Gasteiger partial charge in [-0.1, -0.05) is 29.8 Å². The molecule has 2 atom stereocenters. The highest BCUT2D eigenvalue weighted by Gasteiger charge is 2.34. The normalized spacial score (nSPS) is 19.8. The molecule has 0 radical (unpaired) electrons. The van der Waals surface area contributed by atoms with Crippen LogP contribution >= 0.6 is 11.6 Å². The highest BCUT2D eigenvalue weighted by molar-refractivity contribution is 6.30. The highest BCUT2D eigenvalue weighted by atomic mass is 35.5. The predicted molar refractivity (Wildman–Crippen MR) is 87.4 cm³/mol. The van der Waals surface area contributed by atoms with Gasteiger partial charge in [0.1, 0.15) is 0 Å². The largest absolute Gasteiger partial charge is 0.333 e. The first-order valence-corrected chi connectivity index (χ1v) is 7.89. The zero-order chi connectivity index (χ0) is 15.2. The van der Waals surface area contributed by atoms with E-state index < -0.39 is 0 Å².